The summed E-state index contributed by atoms with van der Waals surface area (Å²) in [6.07, 6.45) is 4.03. The fraction of sp³-hybridized carbons (Fsp3) is 0.577. The van der Waals surface area contributed by atoms with Crippen LogP contribution in [0.1, 0.15) is 43.2 Å². The normalized spacial score (nSPS) is 22.4. The minimum absolute atomic E-state index is 0.0364. The highest BCUT2D eigenvalue weighted by Gasteiger charge is 2.28. The third-order valence-corrected chi connectivity index (χ3v) is 7.53. The Hall–Kier alpha value is -2.87. The van der Waals surface area contributed by atoms with Crippen molar-refractivity contribution in [2.45, 2.75) is 52.0 Å². The smallest absolute Gasteiger partial charge is 0.270 e. The molecule has 3 aliphatic rings. The number of carbonyl (C=O) groups is 2. The summed E-state index contributed by atoms with van der Waals surface area (Å²) in [5, 5.41) is 0. The standard InChI is InChI=1S/C26H38N6O2/c1-18-5-3-8-23(19(18)2)30-13-15-31(16-14-30)24(33)17-29-22-7-4-6-21(22)25(28)26(34)32-11-9-20(27)10-12-32/h3,5,8,20H,4,6-7,9-17,27-28H2,1-2H3/b25-21-,29-22?. The van der Waals surface area contributed by atoms with Crippen LogP contribution in [0.3, 0.4) is 0 Å². The number of aryl methyl sites for hydroxylation is 1. The summed E-state index contributed by atoms with van der Waals surface area (Å²) in [6.45, 7) is 8.71. The van der Waals surface area contributed by atoms with Gasteiger partial charge in [-0.1, -0.05) is 12.1 Å². The van der Waals surface area contributed by atoms with Crippen molar-refractivity contribution in [2.24, 2.45) is 16.5 Å². The van der Waals surface area contributed by atoms with Crippen LogP contribution < -0.4 is 16.4 Å². The molecule has 4 N–H and O–H groups in total. The van der Waals surface area contributed by atoms with E-state index in [2.05, 4.69) is 41.9 Å². The first-order chi connectivity index (χ1) is 16.3. The van der Waals surface area contributed by atoms with Crippen molar-refractivity contribution < 1.29 is 9.59 Å². The lowest BCUT2D eigenvalue weighted by molar-refractivity contribution is -0.130. The second-order valence-corrected chi connectivity index (χ2v) is 9.73. The maximum atomic E-state index is 12.9. The largest absolute Gasteiger partial charge is 0.394 e. The topological polar surface area (TPSA) is 108 Å². The quantitative estimate of drug-likeness (QED) is 0.657. The molecule has 0 bridgehead atoms. The number of hydrogen-bond donors (Lipinski definition) is 2. The molecule has 2 heterocycles. The van der Waals surface area contributed by atoms with Gasteiger partial charge in [0.1, 0.15) is 12.2 Å². The number of carbonyl (C=O) groups excluding carboxylic acids is 2. The fourth-order valence-corrected chi connectivity index (χ4v) is 5.13. The molecule has 1 saturated carbocycles. The number of rotatable bonds is 4. The lowest BCUT2D eigenvalue weighted by Crippen LogP contribution is -2.49. The van der Waals surface area contributed by atoms with Gasteiger partial charge in [-0.3, -0.25) is 14.6 Å². The van der Waals surface area contributed by atoms with E-state index in [0.29, 0.717) is 31.9 Å². The molecule has 0 spiro atoms. The maximum Gasteiger partial charge on any atom is 0.270 e. The molecule has 1 aromatic rings. The van der Waals surface area contributed by atoms with Gasteiger partial charge in [-0.25, -0.2) is 0 Å². The van der Waals surface area contributed by atoms with Gasteiger partial charge in [0.05, 0.1) is 0 Å². The zero-order chi connectivity index (χ0) is 24.2. The predicted octanol–water partition coefficient (Wildman–Crippen LogP) is 1.74. The van der Waals surface area contributed by atoms with Crippen molar-refractivity contribution in [3.8, 4) is 0 Å². The Bertz CT molecular complexity index is 985. The van der Waals surface area contributed by atoms with E-state index in [1.165, 1.54) is 16.8 Å². The van der Waals surface area contributed by atoms with Crippen molar-refractivity contribution in [1.29, 1.82) is 0 Å². The van der Waals surface area contributed by atoms with E-state index in [1.54, 1.807) is 4.90 Å². The zero-order valence-electron chi connectivity index (χ0n) is 20.6. The second kappa shape index (κ2) is 10.6. The third kappa shape index (κ3) is 5.27. The number of hydrogen-bond acceptors (Lipinski definition) is 6. The molecular weight excluding hydrogens is 428 g/mol. The molecule has 2 aliphatic heterocycles. The molecule has 0 unspecified atom stereocenters. The van der Waals surface area contributed by atoms with Gasteiger partial charge in [0.15, 0.2) is 0 Å². The molecule has 2 amide bonds. The predicted molar refractivity (Wildman–Crippen MR) is 136 cm³/mol. The van der Waals surface area contributed by atoms with Crippen LogP contribution in [0.5, 0.6) is 0 Å². The van der Waals surface area contributed by atoms with Crippen LogP contribution in [0.4, 0.5) is 5.69 Å². The van der Waals surface area contributed by atoms with Crippen molar-refractivity contribution in [2.75, 3.05) is 50.7 Å². The molecule has 34 heavy (non-hydrogen) atoms. The number of amides is 2. The molecule has 1 aliphatic carbocycles. The summed E-state index contributed by atoms with van der Waals surface area (Å²) in [7, 11) is 0. The summed E-state index contributed by atoms with van der Waals surface area (Å²) in [5.41, 5.74) is 18.0. The monoisotopic (exact) mass is 466 g/mol. The summed E-state index contributed by atoms with van der Waals surface area (Å²) < 4.78 is 0. The second-order valence-electron chi connectivity index (χ2n) is 9.73. The Balaban J connectivity index is 1.34. The van der Waals surface area contributed by atoms with E-state index >= 15 is 0 Å². The first-order valence-electron chi connectivity index (χ1n) is 12.5. The molecule has 3 fully saturated rings. The highest BCUT2D eigenvalue weighted by molar-refractivity contribution is 6.09. The van der Waals surface area contributed by atoms with E-state index in [0.717, 1.165) is 56.5 Å². The van der Waals surface area contributed by atoms with Crippen molar-refractivity contribution in [3.05, 3.63) is 40.6 Å². The van der Waals surface area contributed by atoms with Crippen LogP contribution in [0.15, 0.2) is 34.5 Å². The first-order valence-corrected chi connectivity index (χ1v) is 12.5. The molecule has 1 aromatic carbocycles. The zero-order valence-corrected chi connectivity index (χ0v) is 20.6. The number of nitrogens with two attached hydrogens (primary N) is 2. The van der Waals surface area contributed by atoms with Gasteiger partial charge in [0.25, 0.3) is 5.91 Å². The van der Waals surface area contributed by atoms with Crippen LogP contribution in [-0.4, -0.2) is 79.2 Å². The molecular formula is C26H38N6O2. The Kier molecular flexibility index (Phi) is 7.56. The Labute approximate surface area is 202 Å². The third-order valence-electron chi connectivity index (χ3n) is 7.53. The molecule has 4 rings (SSSR count). The minimum atomic E-state index is -0.120. The highest BCUT2D eigenvalue weighted by atomic mass is 16.2. The van der Waals surface area contributed by atoms with Gasteiger partial charge in [-0.2, -0.15) is 0 Å². The number of anilines is 1. The van der Waals surface area contributed by atoms with Gasteiger partial charge in [0, 0.05) is 62.3 Å². The van der Waals surface area contributed by atoms with Gasteiger partial charge in [-0.05, 0) is 63.1 Å². The van der Waals surface area contributed by atoms with E-state index in [9.17, 15) is 9.59 Å². The minimum Gasteiger partial charge on any atom is -0.394 e. The van der Waals surface area contributed by atoms with Gasteiger partial charge >= 0.3 is 0 Å². The summed E-state index contributed by atoms with van der Waals surface area (Å²) in [4.78, 5) is 36.4. The van der Waals surface area contributed by atoms with E-state index < -0.39 is 0 Å². The molecule has 0 atom stereocenters. The lowest BCUT2D eigenvalue weighted by Gasteiger charge is -2.37. The van der Waals surface area contributed by atoms with Crippen molar-refractivity contribution in [3.63, 3.8) is 0 Å². The number of piperidine rings is 1. The Morgan fingerprint density at radius 3 is 2.41 bits per heavy atom. The molecule has 8 nitrogen and oxygen atoms in total. The van der Waals surface area contributed by atoms with E-state index in [4.69, 9.17) is 11.5 Å². The number of allylic oxidation sites excluding steroid dienone is 1. The first kappa shape index (κ1) is 24.3. The molecule has 0 aromatic heterocycles. The average Bonchev–Trinajstić information content (AvgIpc) is 3.32. The summed E-state index contributed by atoms with van der Waals surface area (Å²) in [6, 6.07) is 6.54. The molecule has 184 valence electrons. The number of benzene rings is 1. The Morgan fingerprint density at radius 2 is 1.71 bits per heavy atom. The van der Waals surface area contributed by atoms with Crippen LogP contribution in [-0.2, 0) is 9.59 Å². The van der Waals surface area contributed by atoms with Crippen LogP contribution in [0, 0.1) is 13.8 Å². The fourth-order valence-electron chi connectivity index (χ4n) is 5.13. The molecule has 0 radical (unpaired) electrons. The maximum absolute atomic E-state index is 12.9. The number of piperazine rings is 1. The summed E-state index contributed by atoms with van der Waals surface area (Å²) in [5.74, 6) is -0.0836. The number of aliphatic imine (C=N–C) groups is 1. The van der Waals surface area contributed by atoms with Crippen molar-refractivity contribution in [1.82, 2.24) is 9.80 Å². The highest BCUT2D eigenvalue weighted by Crippen LogP contribution is 2.26. The van der Waals surface area contributed by atoms with Crippen LogP contribution in [0.25, 0.3) is 0 Å². The van der Waals surface area contributed by atoms with Gasteiger partial charge in [-0.15, -0.1) is 0 Å². The van der Waals surface area contributed by atoms with E-state index in [1.807, 2.05) is 4.90 Å². The lowest BCUT2D eigenvalue weighted by atomic mass is 10.0. The van der Waals surface area contributed by atoms with Gasteiger partial charge < -0.3 is 26.2 Å². The van der Waals surface area contributed by atoms with Crippen molar-refractivity contribution >= 4 is 23.2 Å². The number of nitrogens with zero attached hydrogens (tertiary/aromatic N) is 4. The molecule has 8 heteroatoms. The average molecular weight is 467 g/mol. The van der Waals surface area contributed by atoms with Crippen LogP contribution in [0.2, 0.25) is 0 Å². The Morgan fingerprint density at radius 1 is 1.00 bits per heavy atom. The van der Waals surface area contributed by atoms with Crippen LogP contribution >= 0.6 is 0 Å². The van der Waals surface area contributed by atoms with E-state index in [-0.39, 0.29) is 24.4 Å². The summed E-state index contributed by atoms with van der Waals surface area (Å²) >= 11 is 0. The SMILES string of the molecule is Cc1cccc(N2CCN(C(=O)CN=C3CCC/C3=C(/N)C(=O)N3CCC(N)CC3)CC2)c1C. The van der Waals surface area contributed by atoms with Gasteiger partial charge in [0.2, 0.25) is 5.91 Å². The molecule has 2 saturated heterocycles. The number of likely N-dealkylation sites (tertiary alicyclic amines) is 1.